The van der Waals surface area contributed by atoms with Gasteiger partial charge in [0, 0.05) is 13.7 Å². The third-order valence-electron chi connectivity index (χ3n) is 6.23. The number of amides is 1. The van der Waals surface area contributed by atoms with Crippen molar-refractivity contribution in [2.24, 2.45) is 0 Å². The molecule has 3 aromatic carbocycles. The van der Waals surface area contributed by atoms with Gasteiger partial charge in [-0.15, -0.1) is 0 Å². The number of ether oxygens (including phenoxy) is 3. The Morgan fingerprint density at radius 2 is 1.61 bits per heavy atom. The number of benzene rings is 3. The summed E-state index contributed by atoms with van der Waals surface area (Å²) in [4.78, 5) is 34.0. The second kappa shape index (κ2) is 12.9. The van der Waals surface area contributed by atoms with E-state index in [0.717, 1.165) is 0 Å². The lowest BCUT2D eigenvalue weighted by molar-refractivity contribution is -0.137. The Hall–Kier alpha value is -4.17. The minimum absolute atomic E-state index is 0.148. The van der Waals surface area contributed by atoms with Crippen LogP contribution in [-0.4, -0.2) is 53.8 Å². The molecule has 8 nitrogen and oxygen atoms in total. The Morgan fingerprint density at radius 1 is 0.921 bits per heavy atom. The van der Waals surface area contributed by atoms with Gasteiger partial charge in [-0.3, -0.25) is 14.2 Å². The molecule has 4 aromatic rings. The van der Waals surface area contributed by atoms with Crippen LogP contribution in [0.1, 0.15) is 32.1 Å². The summed E-state index contributed by atoms with van der Waals surface area (Å²) in [5, 5.41) is 0.502. The molecule has 198 valence electrons. The fourth-order valence-corrected chi connectivity index (χ4v) is 4.41. The smallest absolute Gasteiger partial charge is 0.266 e. The Morgan fingerprint density at radius 3 is 2.29 bits per heavy atom. The van der Waals surface area contributed by atoms with E-state index < -0.39 is 6.04 Å². The van der Waals surface area contributed by atoms with E-state index in [-0.39, 0.29) is 18.1 Å². The number of carbonyl (C=O) groups is 1. The van der Waals surface area contributed by atoms with Gasteiger partial charge in [-0.05, 0) is 61.9 Å². The van der Waals surface area contributed by atoms with Crippen LogP contribution in [0.25, 0.3) is 16.6 Å². The van der Waals surface area contributed by atoms with Gasteiger partial charge in [0.2, 0.25) is 0 Å². The van der Waals surface area contributed by atoms with Crippen LogP contribution in [0.3, 0.4) is 0 Å². The first-order chi connectivity index (χ1) is 18.6. The summed E-state index contributed by atoms with van der Waals surface area (Å²) in [6.45, 7) is 4.93. The number of hydrogen-bond donors (Lipinski definition) is 0. The molecule has 0 fully saturated rings. The molecule has 1 heterocycles. The van der Waals surface area contributed by atoms with E-state index in [9.17, 15) is 9.59 Å². The van der Waals surface area contributed by atoms with Gasteiger partial charge in [-0.2, -0.15) is 0 Å². The lowest BCUT2D eigenvalue weighted by Crippen LogP contribution is -2.42. The van der Waals surface area contributed by atoms with Crippen molar-refractivity contribution in [3.63, 3.8) is 0 Å². The van der Waals surface area contributed by atoms with Crippen LogP contribution in [-0.2, 0) is 9.53 Å². The van der Waals surface area contributed by atoms with Gasteiger partial charge < -0.3 is 19.1 Å². The molecule has 0 radical (unpaired) electrons. The zero-order valence-corrected chi connectivity index (χ0v) is 22.0. The Balaban J connectivity index is 1.79. The van der Waals surface area contributed by atoms with E-state index >= 15 is 0 Å². The molecule has 0 N–H and O–H groups in total. The van der Waals surface area contributed by atoms with E-state index in [1.165, 1.54) is 0 Å². The summed E-state index contributed by atoms with van der Waals surface area (Å²) < 4.78 is 18.3. The number of rotatable bonds is 12. The molecule has 0 aliphatic rings. The lowest BCUT2D eigenvalue weighted by atomic mass is 10.1. The molecule has 0 aliphatic heterocycles. The second-order valence-corrected chi connectivity index (χ2v) is 8.66. The molecule has 0 saturated heterocycles. The van der Waals surface area contributed by atoms with Crippen molar-refractivity contribution >= 4 is 16.8 Å². The van der Waals surface area contributed by atoms with Gasteiger partial charge in [0.15, 0.2) is 6.61 Å². The summed E-state index contributed by atoms with van der Waals surface area (Å²) in [7, 11) is 1.59. The van der Waals surface area contributed by atoms with Gasteiger partial charge >= 0.3 is 0 Å². The maximum absolute atomic E-state index is 13.8. The van der Waals surface area contributed by atoms with Gasteiger partial charge in [0.05, 0.1) is 35.8 Å². The summed E-state index contributed by atoms with van der Waals surface area (Å²) in [5.41, 5.74) is 1.02. The van der Waals surface area contributed by atoms with Crippen LogP contribution >= 0.6 is 0 Å². The molecule has 0 spiro atoms. The molecule has 1 unspecified atom stereocenters. The second-order valence-electron chi connectivity index (χ2n) is 8.66. The van der Waals surface area contributed by atoms with Crippen LogP contribution in [0, 0.1) is 0 Å². The fourth-order valence-electron chi connectivity index (χ4n) is 4.41. The molecule has 38 heavy (non-hydrogen) atoms. The van der Waals surface area contributed by atoms with Crippen LogP contribution in [0.2, 0.25) is 0 Å². The summed E-state index contributed by atoms with van der Waals surface area (Å²) in [6, 6.07) is 23.3. The van der Waals surface area contributed by atoms with E-state index in [4.69, 9.17) is 19.2 Å². The largest absolute Gasteiger partial charge is 0.494 e. The summed E-state index contributed by atoms with van der Waals surface area (Å²) in [5.74, 6) is 1.57. The first kappa shape index (κ1) is 26.9. The van der Waals surface area contributed by atoms with Crippen molar-refractivity contribution in [3.05, 3.63) is 95.0 Å². The van der Waals surface area contributed by atoms with Crippen LogP contribution in [0.5, 0.6) is 11.5 Å². The molecule has 1 atom stereocenters. The summed E-state index contributed by atoms with van der Waals surface area (Å²) in [6.07, 6.45) is 0.530. The van der Waals surface area contributed by atoms with Crippen molar-refractivity contribution in [1.82, 2.24) is 14.5 Å². The SMILES string of the molecule is CCOc1ccc(-n2c(C(CC)N(CCOC)C(=O)COc3ccccc3)nc3ccccc3c2=O)cc1. The molecule has 1 amide bonds. The van der Waals surface area contributed by atoms with Crippen molar-refractivity contribution in [2.75, 3.05) is 33.5 Å². The highest BCUT2D eigenvalue weighted by Crippen LogP contribution is 2.27. The minimum Gasteiger partial charge on any atom is -0.494 e. The number of methoxy groups -OCH3 is 1. The number of nitrogens with zero attached hydrogens (tertiary/aromatic N) is 3. The molecule has 1 aromatic heterocycles. The van der Waals surface area contributed by atoms with Gasteiger partial charge in [0.1, 0.15) is 17.3 Å². The van der Waals surface area contributed by atoms with E-state index in [1.807, 2.05) is 74.5 Å². The monoisotopic (exact) mass is 515 g/mol. The van der Waals surface area contributed by atoms with Crippen molar-refractivity contribution in [1.29, 1.82) is 0 Å². The first-order valence-electron chi connectivity index (χ1n) is 12.8. The normalized spacial score (nSPS) is 11.8. The highest BCUT2D eigenvalue weighted by atomic mass is 16.5. The quantitative estimate of drug-likeness (QED) is 0.270. The number of fused-ring (bicyclic) bond motifs is 1. The Bertz CT molecular complexity index is 1400. The lowest BCUT2D eigenvalue weighted by Gasteiger charge is -2.32. The Labute approximate surface area is 222 Å². The molecule has 4 rings (SSSR count). The molecule has 0 aliphatic carbocycles. The minimum atomic E-state index is -0.499. The van der Waals surface area contributed by atoms with Crippen LogP contribution in [0.4, 0.5) is 0 Å². The number of hydrogen-bond acceptors (Lipinski definition) is 6. The topological polar surface area (TPSA) is 82.9 Å². The maximum atomic E-state index is 13.8. The highest BCUT2D eigenvalue weighted by molar-refractivity contribution is 5.79. The van der Waals surface area contributed by atoms with Crippen LogP contribution < -0.4 is 15.0 Å². The first-order valence-corrected chi connectivity index (χ1v) is 12.8. The number of aromatic nitrogens is 2. The fraction of sp³-hybridized carbons (Fsp3) is 0.300. The molecule has 0 saturated carbocycles. The maximum Gasteiger partial charge on any atom is 0.266 e. The third kappa shape index (κ3) is 6.03. The molecular weight excluding hydrogens is 482 g/mol. The van der Waals surface area contributed by atoms with E-state index in [1.54, 1.807) is 34.8 Å². The van der Waals surface area contributed by atoms with Crippen molar-refractivity contribution < 1.29 is 19.0 Å². The van der Waals surface area contributed by atoms with Crippen molar-refractivity contribution in [3.8, 4) is 17.2 Å². The average molecular weight is 516 g/mol. The third-order valence-corrected chi connectivity index (χ3v) is 6.23. The molecular formula is C30H33N3O5. The van der Waals surface area contributed by atoms with E-state index in [2.05, 4.69) is 0 Å². The standard InChI is InChI=1S/C30H33N3O5/c1-4-27(32(19-20-36-3)28(34)21-38-23-11-7-6-8-12-23)29-31-26-14-10-9-13-25(26)30(35)33(29)22-15-17-24(18-16-22)37-5-2/h6-18,27H,4-5,19-21H2,1-3H3. The predicted octanol–water partition coefficient (Wildman–Crippen LogP) is 4.79. The van der Waals surface area contributed by atoms with Gasteiger partial charge in [-0.1, -0.05) is 37.3 Å². The van der Waals surface area contributed by atoms with Crippen LogP contribution in [0.15, 0.2) is 83.7 Å². The van der Waals surface area contributed by atoms with E-state index in [0.29, 0.717) is 60.1 Å². The zero-order valence-electron chi connectivity index (χ0n) is 22.0. The average Bonchev–Trinajstić information content (AvgIpc) is 2.95. The number of para-hydroxylation sites is 2. The molecule has 8 heteroatoms. The van der Waals surface area contributed by atoms with Crippen molar-refractivity contribution in [2.45, 2.75) is 26.3 Å². The van der Waals surface area contributed by atoms with Gasteiger partial charge in [-0.25, -0.2) is 4.98 Å². The Kier molecular flexibility index (Phi) is 9.11. The molecule has 0 bridgehead atoms. The summed E-state index contributed by atoms with van der Waals surface area (Å²) >= 11 is 0. The zero-order chi connectivity index (χ0) is 26.9. The predicted molar refractivity (Wildman–Crippen MR) is 147 cm³/mol. The van der Waals surface area contributed by atoms with Gasteiger partial charge in [0.25, 0.3) is 11.5 Å². The highest BCUT2D eigenvalue weighted by Gasteiger charge is 2.29. The number of carbonyl (C=O) groups excluding carboxylic acids is 1.